The number of rotatable bonds is 5. The van der Waals surface area contributed by atoms with E-state index in [2.05, 4.69) is 0 Å². The van der Waals surface area contributed by atoms with Crippen molar-refractivity contribution in [1.29, 1.82) is 0 Å². The fourth-order valence-electron chi connectivity index (χ4n) is 5.25. The molecule has 4 aromatic rings. The van der Waals surface area contributed by atoms with E-state index in [-0.39, 0.29) is 12.3 Å². The van der Waals surface area contributed by atoms with Gasteiger partial charge in [-0.2, -0.15) is 0 Å². The van der Waals surface area contributed by atoms with E-state index in [0.717, 1.165) is 21.8 Å². The highest BCUT2D eigenvalue weighted by Crippen LogP contribution is 2.44. The maximum atomic E-state index is 14.3. The van der Waals surface area contributed by atoms with Crippen LogP contribution < -0.4 is 0 Å². The van der Waals surface area contributed by atoms with E-state index in [1.807, 2.05) is 37.3 Å². The van der Waals surface area contributed by atoms with E-state index in [9.17, 15) is 19.9 Å². The Bertz CT molecular complexity index is 1450. The molecule has 0 spiro atoms. The quantitative estimate of drug-likeness (QED) is 0.311. The maximum Gasteiger partial charge on any atom is 0.311 e. The van der Waals surface area contributed by atoms with Crippen molar-refractivity contribution >= 4 is 23.4 Å². The first kappa shape index (κ1) is 24.9. The lowest BCUT2D eigenvalue weighted by molar-refractivity contribution is -0.140. The molecule has 5 rings (SSSR count). The van der Waals surface area contributed by atoms with Gasteiger partial charge in [0.15, 0.2) is 5.78 Å². The van der Waals surface area contributed by atoms with E-state index in [1.54, 1.807) is 66.7 Å². The Balaban J connectivity index is 1.70. The molecule has 0 aliphatic carbocycles. The molecule has 4 aromatic carbocycles. The van der Waals surface area contributed by atoms with Crippen LogP contribution in [0.1, 0.15) is 44.6 Å². The number of benzene rings is 4. The van der Waals surface area contributed by atoms with Crippen LogP contribution in [-0.2, 0) is 11.3 Å². The zero-order chi connectivity index (χ0) is 26.1. The number of carboxylic acid groups (broad SMARTS) is 1. The predicted octanol–water partition coefficient (Wildman–Crippen LogP) is 7.04. The molecule has 0 saturated carbocycles. The first-order chi connectivity index (χ1) is 17.8. The van der Waals surface area contributed by atoms with E-state index in [1.165, 1.54) is 0 Å². The molecule has 5 nitrogen and oxygen atoms in total. The Labute approximate surface area is 220 Å². The second kappa shape index (κ2) is 10.3. The summed E-state index contributed by atoms with van der Waals surface area (Å²) in [6, 6.07) is 27.8. The maximum absolute atomic E-state index is 14.3. The minimum Gasteiger partial charge on any atom is -0.784 e. The molecule has 1 aliphatic heterocycles. The van der Waals surface area contributed by atoms with Crippen LogP contribution in [0.25, 0.3) is 11.1 Å². The summed E-state index contributed by atoms with van der Waals surface area (Å²) in [4.78, 5) is 27.1. The van der Waals surface area contributed by atoms with Gasteiger partial charge in [-0.3, -0.25) is 9.59 Å². The van der Waals surface area contributed by atoms with Gasteiger partial charge in [0.25, 0.3) is 0 Å². The molecule has 0 saturated heterocycles. The van der Waals surface area contributed by atoms with Gasteiger partial charge in [0, 0.05) is 23.2 Å². The highest BCUT2D eigenvalue weighted by molar-refractivity contribution is 6.30. The van der Waals surface area contributed by atoms with Gasteiger partial charge in [-0.15, -0.1) is 0 Å². The molecule has 0 radical (unpaired) electrons. The number of aryl methyl sites for hydroxylation is 1. The molecule has 0 fully saturated rings. The first-order valence-electron chi connectivity index (χ1n) is 12.0. The molecule has 0 aromatic heterocycles. The number of carboxylic acids is 1. The van der Waals surface area contributed by atoms with Crippen LogP contribution in [0.5, 0.6) is 0 Å². The van der Waals surface area contributed by atoms with Gasteiger partial charge >= 0.3 is 5.97 Å². The van der Waals surface area contributed by atoms with Crippen molar-refractivity contribution in [3.63, 3.8) is 0 Å². The van der Waals surface area contributed by atoms with Gasteiger partial charge in [-0.25, -0.2) is 0 Å². The smallest absolute Gasteiger partial charge is 0.311 e. The number of ketones is 1. The molecular weight excluding hydrogens is 486 g/mol. The summed E-state index contributed by atoms with van der Waals surface area (Å²) in [6.45, 7) is 1.96. The molecule has 186 valence electrons. The van der Waals surface area contributed by atoms with Crippen LogP contribution in [0.2, 0.25) is 5.02 Å². The van der Waals surface area contributed by atoms with Gasteiger partial charge < -0.3 is 15.4 Å². The highest BCUT2D eigenvalue weighted by atomic mass is 35.5. The van der Waals surface area contributed by atoms with Gasteiger partial charge in [-0.1, -0.05) is 96.0 Å². The van der Waals surface area contributed by atoms with E-state index in [4.69, 9.17) is 11.6 Å². The standard InChI is InChI=1S/C31H25ClNO4/c1-19-6-5-9-22(16-19)23-10-11-24-18-33(37)29(21-12-14-25(32)15-13-21)28(30(34)26(24)17-23)27(31(35)36)20-7-3-2-4-8-20/h2-17,27-29H,18H2,1H3,(H,35,36)/q-1. The number of aliphatic carboxylic acids is 1. The average Bonchev–Trinajstić information content (AvgIpc) is 2.99. The largest absolute Gasteiger partial charge is 0.784 e. The number of halogens is 1. The number of carbonyl (C=O) groups is 2. The van der Waals surface area contributed by atoms with E-state index in [0.29, 0.717) is 27.3 Å². The second-order valence-electron chi connectivity index (χ2n) is 9.43. The summed E-state index contributed by atoms with van der Waals surface area (Å²) in [7, 11) is 0. The predicted molar refractivity (Wildman–Crippen MR) is 144 cm³/mol. The summed E-state index contributed by atoms with van der Waals surface area (Å²) in [6.07, 6.45) is 0. The van der Waals surface area contributed by atoms with Crippen LogP contribution in [0, 0.1) is 18.0 Å². The van der Waals surface area contributed by atoms with Gasteiger partial charge in [-0.05, 0) is 52.9 Å². The number of hydrogen-bond acceptors (Lipinski definition) is 4. The average molecular weight is 511 g/mol. The highest BCUT2D eigenvalue weighted by Gasteiger charge is 2.44. The molecule has 1 aliphatic rings. The summed E-state index contributed by atoms with van der Waals surface area (Å²) in [5.41, 5.74) is 4.84. The molecule has 0 amide bonds. The molecule has 3 atom stereocenters. The zero-order valence-corrected chi connectivity index (χ0v) is 20.9. The number of nitrogens with zero attached hydrogens (tertiary/aromatic N) is 1. The van der Waals surface area contributed by atoms with Gasteiger partial charge in [0.05, 0.1) is 11.8 Å². The Morgan fingerprint density at radius 1 is 0.946 bits per heavy atom. The van der Waals surface area contributed by atoms with Crippen LogP contribution >= 0.6 is 11.6 Å². The molecule has 37 heavy (non-hydrogen) atoms. The molecule has 0 bridgehead atoms. The Morgan fingerprint density at radius 2 is 1.65 bits per heavy atom. The molecule has 1 N–H and O–H groups in total. The van der Waals surface area contributed by atoms with Crippen molar-refractivity contribution in [3.05, 3.63) is 135 Å². The second-order valence-corrected chi connectivity index (χ2v) is 9.87. The van der Waals surface area contributed by atoms with Crippen LogP contribution in [-0.4, -0.2) is 21.9 Å². The topological polar surface area (TPSA) is 80.7 Å². The summed E-state index contributed by atoms with van der Waals surface area (Å²) in [5, 5.41) is 25.4. The zero-order valence-electron chi connectivity index (χ0n) is 20.2. The van der Waals surface area contributed by atoms with Crippen molar-refractivity contribution in [3.8, 4) is 11.1 Å². The number of hydrogen-bond donors (Lipinski definition) is 1. The van der Waals surface area contributed by atoms with Crippen LogP contribution in [0.4, 0.5) is 0 Å². The van der Waals surface area contributed by atoms with Crippen LogP contribution in [0.3, 0.4) is 0 Å². The summed E-state index contributed by atoms with van der Waals surface area (Å²) in [5.74, 6) is -3.90. The van der Waals surface area contributed by atoms with Gasteiger partial charge in [0.1, 0.15) is 0 Å². The first-order valence-corrected chi connectivity index (χ1v) is 12.4. The molecule has 6 heteroatoms. The Kier molecular flexibility index (Phi) is 6.94. The molecule has 3 unspecified atom stereocenters. The third kappa shape index (κ3) is 4.94. The minimum atomic E-state index is -1.22. The van der Waals surface area contributed by atoms with Crippen molar-refractivity contribution < 1.29 is 14.7 Å². The number of hydroxylamine groups is 2. The van der Waals surface area contributed by atoms with Crippen molar-refractivity contribution in [2.24, 2.45) is 5.92 Å². The number of carbonyl (C=O) groups excluding carboxylic acids is 1. The van der Waals surface area contributed by atoms with E-state index >= 15 is 0 Å². The lowest BCUT2D eigenvalue weighted by atomic mass is 9.75. The summed E-state index contributed by atoms with van der Waals surface area (Å²) >= 11 is 6.10. The summed E-state index contributed by atoms with van der Waals surface area (Å²) < 4.78 is 0. The lowest BCUT2D eigenvalue weighted by Gasteiger charge is -2.41. The van der Waals surface area contributed by atoms with Crippen molar-refractivity contribution in [2.45, 2.75) is 25.4 Å². The van der Waals surface area contributed by atoms with Crippen molar-refractivity contribution in [1.82, 2.24) is 5.06 Å². The third-order valence-corrected chi connectivity index (χ3v) is 7.25. The van der Waals surface area contributed by atoms with Crippen molar-refractivity contribution in [2.75, 3.05) is 0 Å². The minimum absolute atomic E-state index is 0.0416. The van der Waals surface area contributed by atoms with E-state index < -0.39 is 23.8 Å². The Morgan fingerprint density at radius 3 is 2.32 bits per heavy atom. The number of Topliss-reactive ketones (excluding diaryl/α,β-unsaturated/α-hetero) is 1. The lowest BCUT2D eigenvalue weighted by Crippen LogP contribution is -2.37. The fraction of sp³-hybridized carbons (Fsp3) is 0.161. The van der Waals surface area contributed by atoms with Crippen LogP contribution in [0.15, 0.2) is 97.1 Å². The normalized spacial score (nSPS) is 18.6. The molecular formula is C31H25ClNO4-. The van der Waals surface area contributed by atoms with Gasteiger partial charge in [0.2, 0.25) is 0 Å². The number of fused-ring (bicyclic) bond motifs is 1. The SMILES string of the molecule is Cc1cccc(-c2ccc3c(c2)C(=O)C(C(C(=O)O)c2ccccc2)C(c2ccc(Cl)cc2)N([O-])C3)c1. The molecule has 1 heterocycles. The Hall–Kier alpha value is -3.77. The fourth-order valence-corrected chi connectivity index (χ4v) is 5.37. The monoisotopic (exact) mass is 510 g/mol. The third-order valence-electron chi connectivity index (χ3n) is 7.00.